The van der Waals surface area contributed by atoms with Crippen molar-refractivity contribution in [2.75, 3.05) is 7.05 Å². The highest BCUT2D eigenvalue weighted by Crippen LogP contribution is 2.08. The van der Waals surface area contributed by atoms with Crippen LogP contribution in [0.5, 0.6) is 0 Å². The van der Waals surface area contributed by atoms with E-state index in [-0.39, 0.29) is 11.3 Å². The van der Waals surface area contributed by atoms with Crippen molar-refractivity contribution in [1.29, 1.82) is 0 Å². The molecular weight excluding hydrogens is 218 g/mol. The number of allylic oxidation sites excluding steroid dienone is 1. The third-order valence-corrected chi connectivity index (χ3v) is 2.86. The predicted octanol–water partition coefficient (Wildman–Crippen LogP) is 1.48. The van der Waals surface area contributed by atoms with Crippen molar-refractivity contribution in [2.24, 2.45) is 0 Å². The van der Waals surface area contributed by atoms with Gasteiger partial charge in [-0.25, -0.2) is 4.79 Å². The van der Waals surface area contributed by atoms with E-state index in [1.165, 1.54) is 4.57 Å². The minimum absolute atomic E-state index is 0.112. The van der Waals surface area contributed by atoms with E-state index in [0.29, 0.717) is 12.4 Å². The Morgan fingerprint density at radius 2 is 2.18 bits per heavy atom. The van der Waals surface area contributed by atoms with Crippen LogP contribution >= 0.6 is 0 Å². The fourth-order valence-corrected chi connectivity index (χ4v) is 1.39. The lowest BCUT2D eigenvalue weighted by molar-refractivity contribution is 0.374. The van der Waals surface area contributed by atoms with E-state index in [4.69, 9.17) is 0 Å². The monoisotopic (exact) mass is 239 g/mol. The first kappa shape index (κ1) is 13.7. The first-order valence-corrected chi connectivity index (χ1v) is 5.83. The van der Waals surface area contributed by atoms with Crippen molar-refractivity contribution >= 4 is 0 Å². The summed E-state index contributed by atoms with van der Waals surface area (Å²) in [5.74, 6) is 0.241. The van der Waals surface area contributed by atoms with Crippen molar-refractivity contribution in [3.05, 3.63) is 28.5 Å². The fraction of sp³-hybridized carbons (Fsp3) is 0.667. The predicted molar refractivity (Wildman–Crippen MR) is 67.0 cm³/mol. The van der Waals surface area contributed by atoms with Crippen LogP contribution in [0.1, 0.15) is 32.5 Å². The molecule has 0 bridgehead atoms. The summed E-state index contributed by atoms with van der Waals surface area (Å²) in [4.78, 5) is 11.2. The topological polar surface area (TPSA) is 60.1 Å². The summed E-state index contributed by atoms with van der Waals surface area (Å²) >= 11 is 0. The van der Waals surface area contributed by atoms with Gasteiger partial charge in [-0.3, -0.25) is 9.09 Å². The molecule has 17 heavy (non-hydrogen) atoms. The highest BCUT2D eigenvalue weighted by molar-refractivity contribution is 4.91. The minimum Gasteiger partial charge on any atom is -0.315 e. The van der Waals surface area contributed by atoms with Crippen LogP contribution in [-0.2, 0) is 6.54 Å². The molecule has 0 aromatic carbocycles. The van der Waals surface area contributed by atoms with Crippen LogP contribution in [0.25, 0.3) is 0 Å². The molecule has 0 unspecified atom stereocenters. The van der Waals surface area contributed by atoms with Crippen LogP contribution in [0.2, 0.25) is 0 Å². The van der Waals surface area contributed by atoms with Crippen LogP contribution in [0.3, 0.4) is 0 Å². The summed E-state index contributed by atoms with van der Waals surface area (Å²) in [5, 5.41) is 6.84. The Labute approximate surface area is 101 Å². The molecule has 0 saturated heterocycles. The molecule has 5 heteroatoms. The maximum Gasteiger partial charge on any atom is 0.441 e. The smallest absolute Gasteiger partial charge is 0.315 e. The van der Waals surface area contributed by atoms with Gasteiger partial charge in [-0.05, 0) is 40.7 Å². The largest absolute Gasteiger partial charge is 0.441 e. The zero-order chi connectivity index (χ0) is 12.9. The Morgan fingerprint density at radius 3 is 2.71 bits per heavy atom. The average Bonchev–Trinajstić information content (AvgIpc) is 2.59. The van der Waals surface area contributed by atoms with Gasteiger partial charge in [0.1, 0.15) is 0 Å². The van der Waals surface area contributed by atoms with Gasteiger partial charge in [0.15, 0.2) is 5.82 Å². The molecule has 0 aliphatic heterocycles. The molecule has 0 spiro atoms. The van der Waals surface area contributed by atoms with Crippen LogP contribution in [0.15, 0.2) is 21.5 Å². The molecule has 0 aliphatic carbocycles. The second-order valence-electron chi connectivity index (χ2n) is 4.75. The summed E-state index contributed by atoms with van der Waals surface area (Å²) in [6.07, 6.45) is 5.98. The molecule has 0 aliphatic rings. The maximum atomic E-state index is 11.2. The number of rotatable bonds is 6. The van der Waals surface area contributed by atoms with Gasteiger partial charge in [0.2, 0.25) is 0 Å². The Kier molecular flexibility index (Phi) is 4.69. The molecule has 1 rings (SSSR count). The zero-order valence-corrected chi connectivity index (χ0v) is 11.0. The van der Waals surface area contributed by atoms with Crippen LogP contribution in [0.4, 0.5) is 0 Å². The molecule has 0 saturated carbocycles. The summed E-state index contributed by atoms with van der Waals surface area (Å²) in [5.41, 5.74) is 0.112. The number of hydrogen-bond acceptors (Lipinski definition) is 4. The van der Waals surface area contributed by atoms with Gasteiger partial charge in [-0.2, -0.15) is 0 Å². The van der Waals surface area contributed by atoms with Crippen molar-refractivity contribution in [1.82, 2.24) is 15.0 Å². The first-order chi connectivity index (χ1) is 7.96. The molecule has 1 heterocycles. The SMILES string of the molecule is CNC(C)(C)C/C=C\CCn1c(C)noc1=O. The molecule has 0 amide bonds. The lowest BCUT2D eigenvalue weighted by Gasteiger charge is -2.21. The van der Waals surface area contributed by atoms with Crippen molar-refractivity contribution < 1.29 is 4.52 Å². The second kappa shape index (κ2) is 5.82. The van der Waals surface area contributed by atoms with E-state index in [1.807, 2.05) is 7.05 Å². The summed E-state index contributed by atoms with van der Waals surface area (Å²) in [6.45, 7) is 6.67. The molecule has 0 radical (unpaired) electrons. The van der Waals surface area contributed by atoms with Gasteiger partial charge in [0.25, 0.3) is 0 Å². The zero-order valence-electron chi connectivity index (χ0n) is 11.0. The Bertz CT molecular complexity index is 429. The van der Waals surface area contributed by atoms with Gasteiger partial charge in [-0.15, -0.1) is 0 Å². The molecule has 5 nitrogen and oxygen atoms in total. The molecule has 0 fully saturated rings. The van der Waals surface area contributed by atoms with Crippen molar-refractivity contribution in [3.63, 3.8) is 0 Å². The number of hydrogen-bond donors (Lipinski definition) is 1. The highest BCUT2D eigenvalue weighted by Gasteiger charge is 2.11. The van der Waals surface area contributed by atoms with Gasteiger partial charge in [0.05, 0.1) is 0 Å². The fourth-order valence-electron chi connectivity index (χ4n) is 1.39. The van der Waals surface area contributed by atoms with E-state index < -0.39 is 0 Å². The van der Waals surface area contributed by atoms with Crippen molar-refractivity contribution in [2.45, 2.75) is 45.7 Å². The number of nitrogens with zero attached hydrogens (tertiary/aromatic N) is 2. The summed E-state index contributed by atoms with van der Waals surface area (Å²) < 4.78 is 6.08. The number of aromatic nitrogens is 2. The third-order valence-electron chi connectivity index (χ3n) is 2.86. The lowest BCUT2D eigenvalue weighted by Crippen LogP contribution is -2.35. The van der Waals surface area contributed by atoms with Crippen molar-refractivity contribution in [3.8, 4) is 0 Å². The first-order valence-electron chi connectivity index (χ1n) is 5.83. The lowest BCUT2D eigenvalue weighted by atomic mass is 10.0. The van der Waals surface area contributed by atoms with E-state index in [9.17, 15) is 4.79 Å². The minimum atomic E-state index is -0.383. The molecule has 1 aromatic heterocycles. The van der Waals surface area contributed by atoms with E-state index in [0.717, 1.165) is 12.8 Å². The average molecular weight is 239 g/mol. The van der Waals surface area contributed by atoms with E-state index >= 15 is 0 Å². The van der Waals surface area contributed by atoms with Gasteiger partial charge < -0.3 is 5.32 Å². The Morgan fingerprint density at radius 1 is 1.47 bits per heavy atom. The van der Waals surface area contributed by atoms with E-state index in [1.54, 1.807) is 6.92 Å². The summed E-state index contributed by atoms with van der Waals surface area (Å²) in [7, 11) is 1.95. The highest BCUT2D eigenvalue weighted by atomic mass is 16.5. The number of aryl methyl sites for hydroxylation is 1. The third kappa shape index (κ3) is 4.19. The second-order valence-corrected chi connectivity index (χ2v) is 4.75. The van der Waals surface area contributed by atoms with Crippen LogP contribution in [-0.4, -0.2) is 22.3 Å². The van der Waals surface area contributed by atoms with Crippen LogP contribution in [0, 0.1) is 6.92 Å². The number of nitrogens with one attached hydrogen (secondary N) is 1. The maximum absolute atomic E-state index is 11.2. The van der Waals surface area contributed by atoms with Crippen LogP contribution < -0.4 is 11.1 Å². The van der Waals surface area contributed by atoms with Gasteiger partial charge in [0, 0.05) is 12.1 Å². The quantitative estimate of drug-likeness (QED) is 0.764. The van der Waals surface area contributed by atoms with Gasteiger partial charge >= 0.3 is 5.76 Å². The molecule has 0 atom stereocenters. The standard InChI is InChI=1S/C12H21N3O2/c1-10-14-17-11(16)15(10)9-7-5-6-8-12(2,3)13-4/h5-6,13H,7-9H2,1-4H3/b6-5-. The Hall–Kier alpha value is -1.36. The summed E-state index contributed by atoms with van der Waals surface area (Å²) in [6, 6.07) is 0. The van der Waals surface area contributed by atoms with Gasteiger partial charge in [-0.1, -0.05) is 17.3 Å². The molecule has 1 aromatic rings. The Balaban J connectivity index is 2.39. The van der Waals surface area contributed by atoms with E-state index in [2.05, 4.69) is 41.0 Å². The molecule has 96 valence electrons. The normalized spacial score (nSPS) is 12.5. The molecular formula is C12H21N3O2. The molecule has 1 N–H and O–H groups in total.